The van der Waals surface area contributed by atoms with Gasteiger partial charge in [0.15, 0.2) is 23.3 Å². The van der Waals surface area contributed by atoms with Crippen molar-refractivity contribution < 1.29 is 41.4 Å². The van der Waals surface area contributed by atoms with Crippen molar-refractivity contribution in [1.82, 2.24) is 9.80 Å². The predicted molar refractivity (Wildman–Crippen MR) is 197 cm³/mol. The Kier molecular flexibility index (Phi) is 14.3. The first-order valence-electron chi connectivity index (χ1n) is 18.0. The molecule has 0 saturated carbocycles. The van der Waals surface area contributed by atoms with Gasteiger partial charge < -0.3 is 29.5 Å². The minimum absolute atomic E-state index is 0.114. The summed E-state index contributed by atoms with van der Waals surface area (Å²) in [5.74, 6) is -3.83. The number of hydrogen-bond acceptors (Lipinski definition) is 6. The molecule has 0 bridgehead atoms. The molecule has 0 aromatic heterocycles. The summed E-state index contributed by atoms with van der Waals surface area (Å²) in [6, 6.07) is 26.1. The third-order valence-corrected chi connectivity index (χ3v) is 9.29. The zero-order chi connectivity index (χ0) is 38.5. The van der Waals surface area contributed by atoms with Gasteiger partial charge in [0.25, 0.3) is 0 Å². The molecular formula is C41H44F4N4O5. The molecule has 286 valence electrons. The summed E-state index contributed by atoms with van der Waals surface area (Å²) in [5.41, 5.74) is 2.74. The highest BCUT2D eigenvalue weighted by Crippen LogP contribution is 2.27. The van der Waals surface area contributed by atoms with E-state index in [0.29, 0.717) is 50.4 Å². The van der Waals surface area contributed by atoms with Crippen molar-refractivity contribution in [2.75, 3.05) is 36.4 Å². The SMILES string of the molecule is CCC(=O)N(c1ccc(F)c(F)c1)C1CCN(C(=O)OCc2ccccc2)CC1.O=C(OCc1ccccc1)N1CCC(Nc2ccc(F)c(F)c2)CC1. The van der Waals surface area contributed by atoms with Crippen molar-refractivity contribution >= 4 is 29.5 Å². The Balaban J connectivity index is 0.000000210. The number of nitrogens with zero attached hydrogens (tertiary/aromatic N) is 3. The summed E-state index contributed by atoms with van der Waals surface area (Å²) in [6.07, 6.45) is 2.04. The van der Waals surface area contributed by atoms with Gasteiger partial charge >= 0.3 is 12.2 Å². The van der Waals surface area contributed by atoms with Crippen molar-refractivity contribution in [1.29, 1.82) is 0 Å². The molecule has 2 heterocycles. The molecule has 0 aliphatic carbocycles. The van der Waals surface area contributed by atoms with Crippen molar-refractivity contribution in [3.8, 4) is 0 Å². The number of anilines is 2. The molecule has 54 heavy (non-hydrogen) atoms. The number of nitrogens with one attached hydrogen (secondary N) is 1. The Hall–Kier alpha value is -5.59. The van der Waals surface area contributed by atoms with Crippen LogP contribution in [0.25, 0.3) is 0 Å². The maximum Gasteiger partial charge on any atom is 0.410 e. The lowest BCUT2D eigenvalue weighted by Crippen LogP contribution is -2.49. The summed E-state index contributed by atoms with van der Waals surface area (Å²) >= 11 is 0. The Morgan fingerprint density at radius 2 is 1.13 bits per heavy atom. The van der Waals surface area contributed by atoms with E-state index in [1.54, 1.807) is 16.7 Å². The molecule has 2 fully saturated rings. The Bertz CT molecular complexity index is 1840. The van der Waals surface area contributed by atoms with Crippen LogP contribution in [0.2, 0.25) is 0 Å². The topological polar surface area (TPSA) is 91.4 Å². The number of ether oxygens (including phenoxy) is 2. The third kappa shape index (κ3) is 11.2. The number of carbonyl (C=O) groups excluding carboxylic acids is 3. The lowest BCUT2D eigenvalue weighted by atomic mass is 10.0. The molecule has 4 aromatic carbocycles. The van der Waals surface area contributed by atoms with Gasteiger partial charge in [-0.1, -0.05) is 67.6 Å². The molecule has 9 nitrogen and oxygen atoms in total. The first-order chi connectivity index (χ1) is 26.1. The van der Waals surface area contributed by atoms with Crippen molar-refractivity contribution in [2.24, 2.45) is 0 Å². The number of hydrogen-bond donors (Lipinski definition) is 1. The molecule has 0 spiro atoms. The number of amides is 3. The van der Waals surface area contributed by atoms with Gasteiger partial charge in [-0.3, -0.25) is 4.79 Å². The van der Waals surface area contributed by atoms with Crippen LogP contribution in [0, 0.1) is 23.3 Å². The van der Waals surface area contributed by atoms with Gasteiger partial charge in [0, 0.05) is 68.2 Å². The predicted octanol–water partition coefficient (Wildman–Crippen LogP) is 8.69. The molecule has 2 aliphatic heterocycles. The molecule has 4 aromatic rings. The average Bonchev–Trinajstić information content (AvgIpc) is 3.20. The monoisotopic (exact) mass is 748 g/mol. The third-order valence-electron chi connectivity index (χ3n) is 9.29. The normalized spacial score (nSPS) is 14.8. The van der Waals surface area contributed by atoms with Gasteiger partial charge in [0.05, 0.1) is 0 Å². The molecule has 13 heteroatoms. The second-order valence-corrected chi connectivity index (χ2v) is 13.0. The van der Waals surface area contributed by atoms with Gasteiger partial charge in [0.1, 0.15) is 13.2 Å². The van der Waals surface area contributed by atoms with Crippen LogP contribution >= 0.6 is 0 Å². The Labute approximate surface area is 312 Å². The molecule has 2 aliphatic rings. The van der Waals surface area contributed by atoms with E-state index in [1.165, 1.54) is 17.0 Å². The molecule has 1 N–H and O–H groups in total. The number of carbonyl (C=O) groups is 3. The molecule has 6 rings (SSSR count). The van der Waals surface area contributed by atoms with Gasteiger partial charge in [-0.05, 0) is 61.1 Å². The zero-order valence-electron chi connectivity index (χ0n) is 30.1. The van der Waals surface area contributed by atoms with Crippen LogP contribution in [0.1, 0.15) is 50.2 Å². The number of halogens is 4. The smallest absolute Gasteiger partial charge is 0.410 e. The molecule has 0 unspecified atom stereocenters. The molecule has 0 radical (unpaired) electrons. The van der Waals surface area contributed by atoms with Crippen LogP contribution < -0.4 is 10.2 Å². The van der Waals surface area contributed by atoms with E-state index in [-0.39, 0.29) is 43.7 Å². The van der Waals surface area contributed by atoms with Gasteiger partial charge in [-0.2, -0.15) is 0 Å². The largest absolute Gasteiger partial charge is 0.445 e. The lowest BCUT2D eigenvalue weighted by Gasteiger charge is -2.38. The Morgan fingerprint density at radius 1 is 0.648 bits per heavy atom. The van der Waals surface area contributed by atoms with E-state index >= 15 is 0 Å². The van der Waals surface area contributed by atoms with E-state index in [2.05, 4.69) is 5.32 Å². The molecule has 3 amide bonds. The first kappa shape index (κ1) is 39.6. The fourth-order valence-corrected chi connectivity index (χ4v) is 6.32. The standard InChI is InChI=1S/C22H24F2N2O3.C19H20F2N2O2/c1-2-21(27)26(18-8-9-19(23)20(24)14-18)17-10-12-25(13-11-17)22(28)29-15-16-6-4-3-5-7-16;20-17-7-6-16(12-18(17)21)22-15-8-10-23(11-9-15)19(24)25-13-14-4-2-1-3-5-14/h3-9,14,17H,2,10-13,15H2,1H3;1-7,12,15,22H,8-11,13H2. The van der Waals surface area contributed by atoms with Crippen molar-refractivity contribution in [3.63, 3.8) is 0 Å². The maximum atomic E-state index is 13.7. The summed E-state index contributed by atoms with van der Waals surface area (Å²) < 4.78 is 63.8. The number of benzene rings is 4. The highest BCUT2D eigenvalue weighted by molar-refractivity contribution is 5.93. The minimum atomic E-state index is -0.988. The quantitative estimate of drug-likeness (QED) is 0.172. The van der Waals surface area contributed by atoms with Crippen LogP contribution in [0.15, 0.2) is 97.1 Å². The minimum Gasteiger partial charge on any atom is -0.445 e. The van der Waals surface area contributed by atoms with Crippen LogP contribution in [0.5, 0.6) is 0 Å². The fourth-order valence-electron chi connectivity index (χ4n) is 6.32. The van der Waals surface area contributed by atoms with E-state index in [0.717, 1.165) is 48.2 Å². The second kappa shape index (κ2) is 19.5. The molecular weight excluding hydrogens is 704 g/mol. The second-order valence-electron chi connectivity index (χ2n) is 13.0. The molecule has 2 saturated heterocycles. The highest BCUT2D eigenvalue weighted by Gasteiger charge is 2.31. The van der Waals surface area contributed by atoms with Crippen LogP contribution in [-0.2, 0) is 27.5 Å². The van der Waals surface area contributed by atoms with E-state index in [1.807, 2.05) is 60.7 Å². The fraction of sp³-hybridized carbons (Fsp3) is 0.341. The van der Waals surface area contributed by atoms with Gasteiger partial charge in [-0.15, -0.1) is 0 Å². The number of piperidine rings is 2. The molecule has 0 atom stereocenters. The summed E-state index contributed by atoms with van der Waals surface area (Å²) in [5, 5.41) is 3.18. The van der Waals surface area contributed by atoms with Gasteiger partial charge in [0.2, 0.25) is 5.91 Å². The summed E-state index contributed by atoms with van der Waals surface area (Å²) in [4.78, 5) is 41.7. The maximum absolute atomic E-state index is 13.7. The lowest BCUT2D eigenvalue weighted by molar-refractivity contribution is -0.119. The highest BCUT2D eigenvalue weighted by atomic mass is 19.2. The van der Waals surface area contributed by atoms with Gasteiger partial charge in [-0.25, -0.2) is 27.2 Å². The number of likely N-dealkylation sites (tertiary alicyclic amines) is 2. The summed E-state index contributed by atoms with van der Waals surface area (Å²) in [7, 11) is 0. The van der Waals surface area contributed by atoms with E-state index < -0.39 is 29.4 Å². The van der Waals surface area contributed by atoms with Crippen molar-refractivity contribution in [2.45, 2.75) is 64.3 Å². The number of rotatable bonds is 9. The zero-order valence-corrected chi connectivity index (χ0v) is 30.1. The first-order valence-corrected chi connectivity index (χ1v) is 18.0. The van der Waals surface area contributed by atoms with Crippen LogP contribution in [-0.4, -0.2) is 66.2 Å². The van der Waals surface area contributed by atoms with Crippen molar-refractivity contribution in [3.05, 3.63) is 131 Å². The Morgan fingerprint density at radius 3 is 1.61 bits per heavy atom. The van der Waals surface area contributed by atoms with E-state index in [4.69, 9.17) is 9.47 Å². The summed E-state index contributed by atoms with van der Waals surface area (Å²) in [6.45, 7) is 4.17. The van der Waals surface area contributed by atoms with Crippen LogP contribution in [0.3, 0.4) is 0 Å². The van der Waals surface area contributed by atoms with E-state index in [9.17, 15) is 31.9 Å². The average molecular weight is 749 g/mol. The van der Waals surface area contributed by atoms with Crippen LogP contribution in [0.4, 0.5) is 38.5 Å².